The summed E-state index contributed by atoms with van der Waals surface area (Å²) in [5, 5.41) is 7.80. The number of hydrogen-bond donors (Lipinski definition) is 2. The number of hydrogen-bond acceptors (Lipinski definition) is 5. The van der Waals surface area contributed by atoms with E-state index in [2.05, 4.69) is 15.5 Å². The SMILES string of the molecule is Cc1noc(CNCC(=O)NCC(F)(F)F)n1. The van der Waals surface area contributed by atoms with E-state index in [9.17, 15) is 18.0 Å². The minimum atomic E-state index is -4.40. The lowest BCUT2D eigenvalue weighted by Crippen LogP contribution is -2.39. The number of rotatable bonds is 5. The van der Waals surface area contributed by atoms with E-state index < -0.39 is 18.6 Å². The van der Waals surface area contributed by atoms with Crippen molar-refractivity contribution in [2.24, 2.45) is 0 Å². The Bertz CT molecular complexity index is 377. The van der Waals surface area contributed by atoms with E-state index in [0.29, 0.717) is 5.82 Å². The van der Waals surface area contributed by atoms with Gasteiger partial charge < -0.3 is 9.84 Å². The number of amides is 1. The molecule has 0 aliphatic heterocycles. The van der Waals surface area contributed by atoms with Crippen LogP contribution in [0.2, 0.25) is 0 Å². The van der Waals surface area contributed by atoms with Crippen LogP contribution in [0.4, 0.5) is 13.2 Å². The highest BCUT2D eigenvalue weighted by Crippen LogP contribution is 2.11. The van der Waals surface area contributed by atoms with Gasteiger partial charge in [-0.3, -0.25) is 10.1 Å². The Morgan fingerprint density at radius 2 is 2.18 bits per heavy atom. The predicted molar refractivity (Wildman–Crippen MR) is 49.8 cm³/mol. The summed E-state index contributed by atoms with van der Waals surface area (Å²) in [6.45, 7) is 0.161. The van der Waals surface area contributed by atoms with Crippen molar-refractivity contribution in [2.45, 2.75) is 19.6 Å². The van der Waals surface area contributed by atoms with Gasteiger partial charge in [-0.2, -0.15) is 18.2 Å². The van der Waals surface area contributed by atoms with Gasteiger partial charge in [0.15, 0.2) is 5.82 Å². The second kappa shape index (κ2) is 5.62. The Kier molecular flexibility index (Phi) is 4.44. The summed E-state index contributed by atoms with van der Waals surface area (Å²) in [7, 11) is 0. The van der Waals surface area contributed by atoms with Gasteiger partial charge in [0.05, 0.1) is 13.1 Å². The fourth-order valence-electron chi connectivity index (χ4n) is 0.956. The average molecular weight is 252 g/mol. The molecule has 2 N–H and O–H groups in total. The number of carbonyl (C=O) groups excluding carboxylic acids is 1. The first kappa shape index (κ1) is 13.4. The molecule has 1 amide bonds. The zero-order chi connectivity index (χ0) is 12.9. The third-order valence-corrected chi connectivity index (χ3v) is 1.62. The zero-order valence-corrected chi connectivity index (χ0v) is 8.97. The van der Waals surface area contributed by atoms with E-state index in [-0.39, 0.29) is 19.0 Å². The Morgan fingerprint density at radius 1 is 1.47 bits per heavy atom. The first-order chi connectivity index (χ1) is 7.87. The third-order valence-electron chi connectivity index (χ3n) is 1.62. The second-order valence-corrected chi connectivity index (χ2v) is 3.23. The van der Waals surface area contributed by atoms with Crippen LogP contribution in [0.3, 0.4) is 0 Å². The fraction of sp³-hybridized carbons (Fsp3) is 0.625. The molecule has 0 unspecified atom stereocenters. The van der Waals surface area contributed by atoms with Gasteiger partial charge in [0.1, 0.15) is 6.54 Å². The van der Waals surface area contributed by atoms with Crippen molar-refractivity contribution in [3.8, 4) is 0 Å². The predicted octanol–water partition coefficient (Wildman–Crippen LogP) is 0.146. The lowest BCUT2D eigenvalue weighted by atomic mass is 10.5. The van der Waals surface area contributed by atoms with Crippen LogP contribution in [0.5, 0.6) is 0 Å². The Hall–Kier alpha value is -1.64. The van der Waals surface area contributed by atoms with E-state index in [4.69, 9.17) is 4.52 Å². The summed E-state index contributed by atoms with van der Waals surface area (Å²) in [6.07, 6.45) is -4.40. The van der Waals surface area contributed by atoms with Crippen LogP contribution < -0.4 is 10.6 Å². The van der Waals surface area contributed by atoms with Crippen LogP contribution >= 0.6 is 0 Å². The van der Waals surface area contributed by atoms with Gasteiger partial charge in [-0.05, 0) is 6.92 Å². The van der Waals surface area contributed by atoms with Crippen LogP contribution in [0.1, 0.15) is 11.7 Å². The molecule has 0 aromatic carbocycles. The summed E-state index contributed by atoms with van der Waals surface area (Å²) < 4.78 is 39.9. The Balaban J connectivity index is 2.16. The third kappa shape index (κ3) is 5.85. The summed E-state index contributed by atoms with van der Waals surface area (Å²) in [5.41, 5.74) is 0. The highest BCUT2D eigenvalue weighted by Gasteiger charge is 2.27. The maximum atomic E-state index is 11.7. The lowest BCUT2D eigenvalue weighted by molar-refractivity contribution is -0.137. The molecular formula is C8H11F3N4O2. The molecule has 17 heavy (non-hydrogen) atoms. The standard InChI is InChI=1S/C8H11F3N4O2/c1-5-14-7(17-15-5)3-12-2-6(16)13-4-8(9,10)11/h12H,2-4H2,1H3,(H,13,16). The van der Waals surface area contributed by atoms with Gasteiger partial charge in [-0.1, -0.05) is 5.16 Å². The van der Waals surface area contributed by atoms with Crippen molar-refractivity contribution < 1.29 is 22.5 Å². The second-order valence-electron chi connectivity index (χ2n) is 3.23. The number of alkyl halides is 3. The molecule has 0 saturated carbocycles. The van der Waals surface area contributed by atoms with Crippen LogP contribution in [-0.4, -0.2) is 35.3 Å². The molecule has 1 aromatic heterocycles. The zero-order valence-electron chi connectivity index (χ0n) is 8.97. The van der Waals surface area contributed by atoms with Crippen LogP contribution in [0.25, 0.3) is 0 Å². The first-order valence-corrected chi connectivity index (χ1v) is 4.70. The summed E-state index contributed by atoms with van der Waals surface area (Å²) in [6, 6.07) is 0. The van der Waals surface area contributed by atoms with Crippen LogP contribution in [-0.2, 0) is 11.3 Å². The number of halogens is 3. The molecule has 0 spiro atoms. The van der Waals surface area contributed by atoms with Crippen LogP contribution in [0, 0.1) is 6.92 Å². The van der Waals surface area contributed by atoms with E-state index >= 15 is 0 Å². The van der Waals surface area contributed by atoms with Gasteiger partial charge in [-0.15, -0.1) is 0 Å². The van der Waals surface area contributed by atoms with E-state index in [1.807, 2.05) is 0 Å². The van der Waals surface area contributed by atoms with E-state index in [1.54, 1.807) is 12.2 Å². The smallest absolute Gasteiger partial charge is 0.346 e. The van der Waals surface area contributed by atoms with Crippen molar-refractivity contribution in [2.75, 3.05) is 13.1 Å². The molecule has 0 aliphatic carbocycles. The summed E-state index contributed by atoms with van der Waals surface area (Å²) >= 11 is 0. The summed E-state index contributed by atoms with van der Waals surface area (Å²) in [4.78, 5) is 14.8. The highest BCUT2D eigenvalue weighted by atomic mass is 19.4. The average Bonchev–Trinajstić information content (AvgIpc) is 2.60. The van der Waals surface area contributed by atoms with Gasteiger partial charge in [-0.25, -0.2) is 0 Å². The quantitative estimate of drug-likeness (QED) is 0.779. The Labute approximate surface area is 94.6 Å². The highest BCUT2D eigenvalue weighted by molar-refractivity contribution is 5.77. The molecule has 0 aliphatic rings. The van der Waals surface area contributed by atoms with Gasteiger partial charge >= 0.3 is 6.18 Å². The molecule has 96 valence electrons. The van der Waals surface area contributed by atoms with Crippen molar-refractivity contribution in [3.05, 3.63) is 11.7 Å². The lowest BCUT2D eigenvalue weighted by Gasteiger charge is -2.08. The van der Waals surface area contributed by atoms with Gasteiger partial charge in [0.25, 0.3) is 0 Å². The molecule has 0 saturated heterocycles. The molecule has 0 fully saturated rings. The van der Waals surface area contributed by atoms with Gasteiger partial charge in [0.2, 0.25) is 11.8 Å². The van der Waals surface area contributed by atoms with Crippen LogP contribution in [0.15, 0.2) is 4.52 Å². The molecule has 0 bridgehead atoms. The maximum absolute atomic E-state index is 11.7. The van der Waals surface area contributed by atoms with E-state index in [0.717, 1.165) is 0 Å². The molecule has 9 heteroatoms. The summed E-state index contributed by atoms with van der Waals surface area (Å²) in [5.74, 6) is -0.0343. The normalized spacial score (nSPS) is 11.5. The van der Waals surface area contributed by atoms with Crippen molar-refractivity contribution in [1.82, 2.24) is 20.8 Å². The molecule has 1 aromatic rings. The fourth-order valence-corrected chi connectivity index (χ4v) is 0.956. The number of nitrogens with one attached hydrogen (secondary N) is 2. The minimum Gasteiger partial charge on any atom is -0.346 e. The maximum Gasteiger partial charge on any atom is 0.405 e. The first-order valence-electron chi connectivity index (χ1n) is 4.70. The molecule has 1 rings (SSSR count). The minimum absolute atomic E-state index is 0.125. The van der Waals surface area contributed by atoms with Crippen molar-refractivity contribution >= 4 is 5.91 Å². The molecule has 1 heterocycles. The molecule has 0 radical (unpaired) electrons. The molecule has 0 atom stereocenters. The number of nitrogens with zero attached hydrogens (tertiary/aromatic N) is 2. The number of aromatic nitrogens is 2. The molecule has 6 nitrogen and oxygen atoms in total. The largest absolute Gasteiger partial charge is 0.405 e. The Morgan fingerprint density at radius 3 is 2.71 bits per heavy atom. The number of carbonyl (C=O) groups is 1. The monoisotopic (exact) mass is 252 g/mol. The van der Waals surface area contributed by atoms with Crippen molar-refractivity contribution in [3.63, 3.8) is 0 Å². The van der Waals surface area contributed by atoms with Crippen molar-refractivity contribution in [1.29, 1.82) is 0 Å². The topological polar surface area (TPSA) is 80.0 Å². The molecular weight excluding hydrogens is 241 g/mol. The van der Waals surface area contributed by atoms with E-state index in [1.165, 1.54) is 0 Å². The van der Waals surface area contributed by atoms with Gasteiger partial charge in [0, 0.05) is 0 Å². The number of aryl methyl sites for hydroxylation is 1.